The molecule has 1 spiro atoms. The molecule has 1 aromatic carbocycles. The fourth-order valence-corrected chi connectivity index (χ4v) is 2.87. The van der Waals surface area contributed by atoms with Crippen molar-refractivity contribution in [3.05, 3.63) is 35.2 Å². The number of benzene rings is 1. The quantitative estimate of drug-likeness (QED) is 0.931. The summed E-state index contributed by atoms with van der Waals surface area (Å²) >= 11 is 5.94. The number of aromatic nitrogens is 2. The van der Waals surface area contributed by atoms with Gasteiger partial charge in [0.15, 0.2) is 0 Å². The van der Waals surface area contributed by atoms with Crippen LogP contribution in [-0.2, 0) is 11.3 Å². The van der Waals surface area contributed by atoms with Gasteiger partial charge in [0.2, 0.25) is 17.6 Å². The molecule has 1 saturated heterocycles. The van der Waals surface area contributed by atoms with Crippen LogP contribution in [0.1, 0.15) is 18.7 Å². The fraction of sp³-hybridized carbons (Fsp3) is 0.333. The third-order valence-corrected chi connectivity index (χ3v) is 4.45. The third kappa shape index (κ3) is 2.46. The van der Waals surface area contributed by atoms with E-state index in [0.717, 1.165) is 17.7 Å². The Morgan fingerprint density at radius 1 is 1.35 bits per heavy atom. The van der Waals surface area contributed by atoms with Crippen LogP contribution in [0.3, 0.4) is 0 Å². The first-order valence-corrected chi connectivity index (χ1v) is 7.64. The second kappa shape index (κ2) is 5.06. The van der Waals surface area contributed by atoms with E-state index in [2.05, 4.69) is 15.5 Å². The average molecular weight is 333 g/mol. The summed E-state index contributed by atoms with van der Waals surface area (Å²) in [5.41, 5.74) is 0.296. The lowest BCUT2D eigenvalue weighted by Crippen LogP contribution is -2.55. The van der Waals surface area contributed by atoms with E-state index in [-0.39, 0.29) is 18.3 Å². The number of hydrogen-bond acceptors (Lipinski definition) is 5. The van der Waals surface area contributed by atoms with Crippen molar-refractivity contribution in [1.29, 1.82) is 0 Å². The maximum Gasteiger partial charge on any atom is 0.324 e. The van der Waals surface area contributed by atoms with Crippen molar-refractivity contribution in [2.75, 3.05) is 6.54 Å². The topological polar surface area (TPSA) is 88.3 Å². The summed E-state index contributed by atoms with van der Waals surface area (Å²) in [6, 6.07) is 6.63. The molecule has 1 aliphatic carbocycles. The highest BCUT2D eigenvalue weighted by Gasteiger charge is 2.55. The van der Waals surface area contributed by atoms with Crippen LogP contribution in [0.15, 0.2) is 28.8 Å². The summed E-state index contributed by atoms with van der Waals surface area (Å²) in [7, 11) is 0. The standard InChI is InChI=1S/C15H13ClN4O3/c16-10-3-1-2-9(6-10)12-18-11(23-19-12)7-20-13(21)15(4-5-15)8-17-14(20)22/h1-3,6H,4-5,7-8H2,(H,17,22). The van der Waals surface area contributed by atoms with Crippen LogP contribution in [0.4, 0.5) is 4.79 Å². The number of amides is 3. The largest absolute Gasteiger partial charge is 0.337 e. The summed E-state index contributed by atoms with van der Waals surface area (Å²) in [5, 5.41) is 7.19. The van der Waals surface area contributed by atoms with Crippen LogP contribution in [0.5, 0.6) is 0 Å². The number of urea groups is 1. The third-order valence-electron chi connectivity index (χ3n) is 4.22. The summed E-state index contributed by atoms with van der Waals surface area (Å²) in [4.78, 5) is 29.7. The highest BCUT2D eigenvalue weighted by atomic mass is 35.5. The van der Waals surface area contributed by atoms with Crippen LogP contribution in [0, 0.1) is 5.41 Å². The van der Waals surface area contributed by atoms with Crippen molar-refractivity contribution in [2.45, 2.75) is 19.4 Å². The molecule has 23 heavy (non-hydrogen) atoms. The molecule has 0 unspecified atom stereocenters. The van der Waals surface area contributed by atoms with Gasteiger partial charge in [0.1, 0.15) is 6.54 Å². The minimum absolute atomic E-state index is 0.0278. The molecule has 2 aliphatic rings. The Kier molecular flexibility index (Phi) is 3.12. The van der Waals surface area contributed by atoms with Gasteiger partial charge in [-0.1, -0.05) is 28.9 Å². The molecule has 7 nitrogen and oxygen atoms in total. The van der Waals surface area contributed by atoms with Crippen molar-refractivity contribution >= 4 is 23.5 Å². The first-order chi connectivity index (χ1) is 11.1. The summed E-state index contributed by atoms with van der Waals surface area (Å²) in [6.07, 6.45) is 1.61. The van der Waals surface area contributed by atoms with E-state index in [1.54, 1.807) is 24.3 Å². The minimum atomic E-state index is -0.421. The molecule has 0 radical (unpaired) electrons. The smallest absolute Gasteiger partial charge is 0.324 e. The Morgan fingerprint density at radius 2 is 2.17 bits per heavy atom. The average Bonchev–Trinajstić information content (AvgIpc) is 3.18. The van der Waals surface area contributed by atoms with Crippen LogP contribution < -0.4 is 5.32 Å². The van der Waals surface area contributed by atoms with E-state index in [1.807, 2.05) is 0 Å². The first kappa shape index (κ1) is 14.2. The predicted molar refractivity (Wildman–Crippen MR) is 80.4 cm³/mol. The summed E-state index contributed by atoms with van der Waals surface area (Å²) in [6.45, 7) is 0.388. The Morgan fingerprint density at radius 3 is 2.91 bits per heavy atom. The van der Waals surface area contributed by atoms with E-state index in [0.29, 0.717) is 23.0 Å². The van der Waals surface area contributed by atoms with Crippen LogP contribution in [0.2, 0.25) is 5.02 Å². The molecule has 2 heterocycles. The van der Waals surface area contributed by atoms with Gasteiger partial charge in [0.25, 0.3) is 0 Å². The second-order valence-corrected chi connectivity index (χ2v) is 6.29. The van der Waals surface area contributed by atoms with Gasteiger partial charge < -0.3 is 9.84 Å². The highest BCUT2D eigenvalue weighted by Crippen LogP contribution is 2.48. The monoisotopic (exact) mass is 332 g/mol. The van der Waals surface area contributed by atoms with E-state index in [1.165, 1.54) is 0 Å². The van der Waals surface area contributed by atoms with Gasteiger partial charge in [0, 0.05) is 17.1 Å². The minimum Gasteiger partial charge on any atom is -0.337 e. The zero-order valence-corrected chi connectivity index (χ0v) is 12.8. The van der Waals surface area contributed by atoms with Gasteiger partial charge in [-0.25, -0.2) is 4.79 Å². The van der Waals surface area contributed by atoms with Gasteiger partial charge in [-0.05, 0) is 25.0 Å². The molecule has 0 bridgehead atoms. The van der Waals surface area contributed by atoms with Gasteiger partial charge in [-0.3, -0.25) is 9.69 Å². The van der Waals surface area contributed by atoms with E-state index < -0.39 is 11.4 Å². The van der Waals surface area contributed by atoms with Gasteiger partial charge in [0.05, 0.1) is 5.41 Å². The number of nitrogens with one attached hydrogen (secondary N) is 1. The Bertz CT molecular complexity index is 800. The molecule has 0 atom stereocenters. The van der Waals surface area contributed by atoms with Gasteiger partial charge in [-0.15, -0.1) is 0 Å². The predicted octanol–water partition coefficient (Wildman–Crippen LogP) is 2.22. The van der Waals surface area contributed by atoms with Crippen molar-refractivity contribution < 1.29 is 14.1 Å². The summed E-state index contributed by atoms with van der Waals surface area (Å²) < 4.78 is 5.17. The maximum absolute atomic E-state index is 12.4. The van der Waals surface area contributed by atoms with Crippen LogP contribution in [0.25, 0.3) is 11.4 Å². The molecule has 1 N–H and O–H groups in total. The lowest BCUT2D eigenvalue weighted by Gasteiger charge is -2.30. The van der Waals surface area contributed by atoms with E-state index >= 15 is 0 Å². The first-order valence-electron chi connectivity index (χ1n) is 7.26. The number of halogens is 1. The number of hydrogen-bond donors (Lipinski definition) is 1. The zero-order valence-electron chi connectivity index (χ0n) is 12.1. The number of nitrogens with zero attached hydrogens (tertiary/aromatic N) is 3. The Hall–Kier alpha value is -2.41. The highest BCUT2D eigenvalue weighted by molar-refractivity contribution is 6.30. The number of carbonyl (C=O) groups excluding carboxylic acids is 2. The molecule has 2 fully saturated rings. The van der Waals surface area contributed by atoms with Crippen molar-refractivity contribution in [3.8, 4) is 11.4 Å². The van der Waals surface area contributed by atoms with Crippen molar-refractivity contribution in [1.82, 2.24) is 20.4 Å². The molecule has 1 aromatic heterocycles. The van der Waals surface area contributed by atoms with Gasteiger partial charge in [-0.2, -0.15) is 4.98 Å². The van der Waals surface area contributed by atoms with Gasteiger partial charge >= 0.3 is 6.03 Å². The number of imide groups is 1. The fourth-order valence-electron chi connectivity index (χ4n) is 2.68. The Labute approximate surface area is 136 Å². The molecule has 4 rings (SSSR count). The lowest BCUT2D eigenvalue weighted by atomic mass is 10.0. The van der Waals surface area contributed by atoms with Crippen LogP contribution in [-0.4, -0.2) is 33.5 Å². The number of rotatable bonds is 3. The molecule has 2 aromatic rings. The molecule has 3 amide bonds. The summed E-state index contributed by atoms with van der Waals surface area (Å²) in [5.74, 6) is 0.415. The molecule has 8 heteroatoms. The van der Waals surface area contributed by atoms with Crippen molar-refractivity contribution in [3.63, 3.8) is 0 Å². The maximum atomic E-state index is 12.4. The molecule has 1 aliphatic heterocycles. The SMILES string of the molecule is O=C1NCC2(CC2)C(=O)N1Cc1nc(-c2cccc(Cl)c2)no1. The Balaban J connectivity index is 1.55. The molecule has 118 valence electrons. The van der Waals surface area contributed by atoms with Crippen LogP contribution >= 0.6 is 11.6 Å². The van der Waals surface area contributed by atoms with Crippen molar-refractivity contribution in [2.24, 2.45) is 5.41 Å². The van der Waals surface area contributed by atoms with E-state index in [9.17, 15) is 9.59 Å². The molecular formula is C15H13ClN4O3. The van der Waals surface area contributed by atoms with E-state index in [4.69, 9.17) is 16.1 Å². The zero-order chi connectivity index (χ0) is 16.0. The normalized spacial score (nSPS) is 19.1. The molecular weight excluding hydrogens is 320 g/mol. The molecule has 1 saturated carbocycles. The number of carbonyl (C=O) groups is 2. The second-order valence-electron chi connectivity index (χ2n) is 5.85. The lowest BCUT2D eigenvalue weighted by molar-refractivity contribution is -0.136.